The molecule has 104 valence electrons. The SMILES string of the molecule is Cc1c(CNCC(C)C)sc2ccc(C(C)C)cc12. The van der Waals surface area contributed by atoms with Gasteiger partial charge in [-0.05, 0) is 54.0 Å². The summed E-state index contributed by atoms with van der Waals surface area (Å²) in [6.45, 7) is 13.4. The van der Waals surface area contributed by atoms with Crippen LogP contribution in [0.2, 0.25) is 0 Å². The summed E-state index contributed by atoms with van der Waals surface area (Å²) in [7, 11) is 0. The molecule has 1 heterocycles. The van der Waals surface area contributed by atoms with Crippen LogP contribution in [0.25, 0.3) is 10.1 Å². The van der Waals surface area contributed by atoms with E-state index in [0.29, 0.717) is 11.8 Å². The maximum Gasteiger partial charge on any atom is 0.0349 e. The van der Waals surface area contributed by atoms with Crippen molar-refractivity contribution in [1.29, 1.82) is 0 Å². The first-order chi connectivity index (χ1) is 8.99. The van der Waals surface area contributed by atoms with Gasteiger partial charge in [0.1, 0.15) is 0 Å². The Morgan fingerprint density at radius 3 is 2.53 bits per heavy atom. The third-order valence-corrected chi connectivity index (χ3v) is 4.84. The van der Waals surface area contributed by atoms with Crippen molar-refractivity contribution < 1.29 is 0 Å². The highest BCUT2D eigenvalue weighted by atomic mass is 32.1. The van der Waals surface area contributed by atoms with Crippen LogP contribution >= 0.6 is 11.3 Å². The maximum atomic E-state index is 3.55. The Morgan fingerprint density at radius 2 is 1.89 bits per heavy atom. The van der Waals surface area contributed by atoms with Crippen molar-refractivity contribution in [3.05, 3.63) is 34.2 Å². The van der Waals surface area contributed by atoms with E-state index in [2.05, 4.69) is 58.1 Å². The van der Waals surface area contributed by atoms with Crippen molar-refractivity contribution in [2.45, 2.75) is 47.1 Å². The number of thiophene rings is 1. The van der Waals surface area contributed by atoms with Crippen LogP contribution in [-0.4, -0.2) is 6.54 Å². The fourth-order valence-electron chi connectivity index (χ4n) is 2.29. The van der Waals surface area contributed by atoms with Crippen molar-refractivity contribution in [1.82, 2.24) is 5.32 Å². The number of benzene rings is 1. The molecule has 1 nitrogen and oxygen atoms in total. The second kappa shape index (κ2) is 6.06. The van der Waals surface area contributed by atoms with Gasteiger partial charge in [0.15, 0.2) is 0 Å². The molecule has 0 saturated heterocycles. The molecule has 0 atom stereocenters. The predicted octanol–water partition coefficient (Wildman–Crippen LogP) is 5.08. The number of rotatable bonds is 5. The van der Waals surface area contributed by atoms with Gasteiger partial charge in [-0.15, -0.1) is 11.3 Å². The van der Waals surface area contributed by atoms with Crippen LogP contribution in [0.15, 0.2) is 18.2 Å². The van der Waals surface area contributed by atoms with Crippen LogP contribution in [-0.2, 0) is 6.54 Å². The summed E-state index contributed by atoms with van der Waals surface area (Å²) < 4.78 is 1.42. The van der Waals surface area contributed by atoms with E-state index in [1.807, 2.05) is 11.3 Å². The Hall–Kier alpha value is -0.860. The van der Waals surface area contributed by atoms with Crippen LogP contribution in [0.3, 0.4) is 0 Å². The second-order valence-electron chi connectivity index (χ2n) is 6.09. The Bertz CT molecular complexity index is 552. The van der Waals surface area contributed by atoms with Crippen LogP contribution in [0.4, 0.5) is 0 Å². The Labute approximate surface area is 121 Å². The van der Waals surface area contributed by atoms with Crippen molar-refractivity contribution >= 4 is 21.4 Å². The van der Waals surface area contributed by atoms with Crippen molar-refractivity contribution in [2.75, 3.05) is 6.54 Å². The molecule has 2 aromatic rings. The minimum Gasteiger partial charge on any atom is -0.312 e. The first kappa shape index (κ1) is 14.5. The van der Waals surface area contributed by atoms with Gasteiger partial charge in [-0.3, -0.25) is 0 Å². The van der Waals surface area contributed by atoms with Gasteiger partial charge in [0.05, 0.1) is 0 Å². The quantitative estimate of drug-likeness (QED) is 0.802. The van der Waals surface area contributed by atoms with Crippen molar-refractivity contribution in [3.8, 4) is 0 Å². The monoisotopic (exact) mass is 275 g/mol. The first-order valence-corrected chi connectivity index (χ1v) is 8.03. The Balaban J connectivity index is 2.24. The molecule has 0 radical (unpaired) electrons. The molecule has 0 saturated carbocycles. The largest absolute Gasteiger partial charge is 0.312 e. The summed E-state index contributed by atoms with van der Waals surface area (Å²) in [4.78, 5) is 1.48. The third-order valence-electron chi connectivity index (χ3n) is 3.56. The highest BCUT2D eigenvalue weighted by Crippen LogP contribution is 2.32. The fourth-order valence-corrected chi connectivity index (χ4v) is 3.45. The number of nitrogens with one attached hydrogen (secondary N) is 1. The number of hydrogen-bond donors (Lipinski definition) is 1. The van der Waals surface area contributed by atoms with E-state index in [9.17, 15) is 0 Å². The summed E-state index contributed by atoms with van der Waals surface area (Å²) in [6.07, 6.45) is 0. The Morgan fingerprint density at radius 1 is 1.16 bits per heavy atom. The average Bonchev–Trinajstić information content (AvgIpc) is 2.66. The van der Waals surface area contributed by atoms with Crippen molar-refractivity contribution in [2.24, 2.45) is 5.92 Å². The van der Waals surface area contributed by atoms with Crippen LogP contribution < -0.4 is 5.32 Å². The van der Waals surface area contributed by atoms with Gasteiger partial charge in [0.2, 0.25) is 0 Å². The molecule has 0 spiro atoms. The van der Waals surface area contributed by atoms with Crippen LogP contribution in [0.1, 0.15) is 49.6 Å². The van der Waals surface area contributed by atoms with E-state index in [-0.39, 0.29) is 0 Å². The molecule has 19 heavy (non-hydrogen) atoms. The Kier molecular flexibility index (Phi) is 4.64. The minimum atomic E-state index is 0.603. The van der Waals surface area contributed by atoms with E-state index in [1.165, 1.54) is 26.1 Å². The average molecular weight is 275 g/mol. The zero-order valence-corrected chi connectivity index (χ0v) is 13.5. The molecule has 1 N–H and O–H groups in total. The molecule has 0 amide bonds. The lowest BCUT2D eigenvalue weighted by Crippen LogP contribution is -2.18. The van der Waals surface area contributed by atoms with Gasteiger partial charge in [0, 0.05) is 16.1 Å². The third kappa shape index (κ3) is 3.37. The number of aryl methyl sites for hydroxylation is 1. The highest BCUT2D eigenvalue weighted by molar-refractivity contribution is 7.19. The molecule has 0 bridgehead atoms. The molecule has 0 aliphatic carbocycles. The molecule has 2 heteroatoms. The van der Waals surface area contributed by atoms with Gasteiger partial charge < -0.3 is 5.32 Å². The molecule has 0 aliphatic rings. The second-order valence-corrected chi connectivity index (χ2v) is 7.22. The van der Waals surface area contributed by atoms with Gasteiger partial charge in [-0.1, -0.05) is 33.8 Å². The first-order valence-electron chi connectivity index (χ1n) is 7.21. The smallest absolute Gasteiger partial charge is 0.0349 e. The molecule has 2 rings (SSSR count). The molecular formula is C17H25NS. The molecule has 1 aromatic heterocycles. The van der Waals surface area contributed by atoms with Gasteiger partial charge in [0.25, 0.3) is 0 Å². The molecule has 0 fully saturated rings. The van der Waals surface area contributed by atoms with Crippen LogP contribution in [0.5, 0.6) is 0 Å². The summed E-state index contributed by atoms with van der Waals surface area (Å²) in [5, 5.41) is 4.99. The molecule has 1 aromatic carbocycles. The normalized spacial score (nSPS) is 11.9. The zero-order valence-electron chi connectivity index (χ0n) is 12.7. The maximum absolute atomic E-state index is 3.55. The van der Waals surface area contributed by atoms with E-state index in [0.717, 1.165) is 13.1 Å². The van der Waals surface area contributed by atoms with E-state index in [1.54, 1.807) is 0 Å². The fraction of sp³-hybridized carbons (Fsp3) is 0.529. The summed E-state index contributed by atoms with van der Waals surface area (Å²) in [5.74, 6) is 1.31. The summed E-state index contributed by atoms with van der Waals surface area (Å²) in [6, 6.07) is 6.93. The highest BCUT2D eigenvalue weighted by Gasteiger charge is 2.10. The summed E-state index contributed by atoms with van der Waals surface area (Å²) in [5.41, 5.74) is 2.90. The van der Waals surface area contributed by atoms with Gasteiger partial charge >= 0.3 is 0 Å². The topological polar surface area (TPSA) is 12.0 Å². The zero-order chi connectivity index (χ0) is 14.0. The molecular weight excluding hydrogens is 250 g/mol. The van der Waals surface area contributed by atoms with Crippen LogP contribution in [0, 0.1) is 12.8 Å². The van der Waals surface area contributed by atoms with Gasteiger partial charge in [-0.2, -0.15) is 0 Å². The standard InChI is InChI=1S/C17H25NS/c1-11(2)9-18-10-17-13(5)15-8-14(12(3)4)6-7-16(15)19-17/h6-8,11-12,18H,9-10H2,1-5H3. The van der Waals surface area contributed by atoms with Crippen molar-refractivity contribution in [3.63, 3.8) is 0 Å². The summed E-state index contributed by atoms with van der Waals surface area (Å²) >= 11 is 1.93. The van der Waals surface area contributed by atoms with E-state index in [4.69, 9.17) is 0 Å². The van der Waals surface area contributed by atoms with E-state index >= 15 is 0 Å². The lowest BCUT2D eigenvalue weighted by atomic mass is 10.0. The van der Waals surface area contributed by atoms with Gasteiger partial charge in [-0.25, -0.2) is 0 Å². The predicted molar refractivity (Wildman–Crippen MR) is 87.2 cm³/mol. The molecule has 0 unspecified atom stereocenters. The molecule has 0 aliphatic heterocycles. The minimum absolute atomic E-state index is 0.603. The number of hydrogen-bond acceptors (Lipinski definition) is 2. The number of fused-ring (bicyclic) bond motifs is 1. The lowest BCUT2D eigenvalue weighted by Gasteiger charge is -2.07. The lowest BCUT2D eigenvalue weighted by molar-refractivity contribution is 0.554. The van der Waals surface area contributed by atoms with E-state index < -0.39 is 0 Å².